The van der Waals surface area contributed by atoms with Crippen LogP contribution in [0.15, 0.2) is 40.8 Å². The Hall–Kier alpha value is -2.58. The third-order valence-corrected chi connectivity index (χ3v) is 7.13. The second-order valence-corrected chi connectivity index (χ2v) is 9.12. The molecule has 6 nitrogen and oxygen atoms in total. The van der Waals surface area contributed by atoms with Crippen molar-refractivity contribution < 1.29 is 14.9 Å². The van der Waals surface area contributed by atoms with Crippen LogP contribution in [0.1, 0.15) is 22.4 Å². The molecule has 0 unspecified atom stereocenters. The van der Waals surface area contributed by atoms with Gasteiger partial charge in [-0.3, -0.25) is 4.79 Å². The van der Waals surface area contributed by atoms with Gasteiger partial charge < -0.3 is 10.4 Å². The Morgan fingerprint density at radius 2 is 2.28 bits per heavy atom. The number of carbonyl (C=O) groups is 1. The maximum absolute atomic E-state index is 13.1. The summed E-state index contributed by atoms with van der Waals surface area (Å²) in [5.74, 6) is -0.119. The lowest BCUT2D eigenvalue weighted by Crippen LogP contribution is -2.30. The fourth-order valence-corrected chi connectivity index (χ4v) is 5.76. The van der Waals surface area contributed by atoms with Gasteiger partial charge in [-0.1, -0.05) is 30.1 Å². The molecule has 2 aromatic heterocycles. The van der Waals surface area contributed by atoms with Crippen molar-refractivity contribution in [1.29, 1.82) is 0 Å². The van der Waals surface area contributed by atoms with Crippen LogP contribution >= 0.6 is 23.1 Å². The number of aromatic hydroxyl groups is 1. The number of amides is 1. The standard InChI is InChI=1S/C21H21N3O3S2/c1-3-9-24-20(27)18-13-5-4-6-16(13)29-19(18)23-21(24)28-11-17(26)22-14-10-12(2)7-8-15(14)25/h3,7-8,10,25H,1,4-6,9,11H2,2H3,(H,22,26)/p+1. The Morgan fingerprint density at radius 3 is 3.07 bits per heavy atom. The summed E-state index contributed by atoms with van der Waals surface area (Å²) < 4.78 is 1.64. The Bertz CT molecular complexity index is 1180. The summed E-state index contributed by atoms with van der Waals surface area (Å²) in [6.07, 6.45) is 4.75. The van der Waals surface area contributed by atoms with Gasteiger partial charge >= 0.3 is 10.7 Å². The van der Waals surface area contributed by atoms with Gasteiger partial charge in [-0.25, -0.2) is 9.78 Å². The smallest absolute Gasteiger partial charge is 0.347 e. The second kappa shape index (κ2) is 8.04. The number of nitrogens with zero attached hydrogens (tertiary/aromatic N) is 1. The van der Waals surface area contributed by atoms with E-state index in [9.17, 15) is 14.7 Å². The zero-order valence-electron chi connectivity index (χ0n) is 16.1. The largest absolute Gasteiger partial charge is 0.506 e. The summed E-state index contributed by atoms with van der Waals surface area (Å²) in [4.78, 5) is 31.1. The molecule has 0 spiro atoms. The highest BCUT2D eigenvalue weighted by Crippen LogP contribution is 2.34. The van der Waals surface area contributed by atoms with Crippen molar-refractivity contribution in [3.63, 3.8) is 0 Å². The number of aryl methyl sites for hydroxylation is 3. The van der Waals surface area contributed by atoms with E-state index in [2.05, 4.69) is 16.9 Å². The van der Waals surface area contributed by atoms with Gasteiger partial charge in [0.25, 0.3) is 0 Å². The number of aromatic nitrogens is 2. The number of fused-ring (bicyclic) bond motifs is 3. The van der Waals surface area contributed by atoms with E-state index in [1.54, 1.807) is 40.2 Å². The van der Waals surface area contributed by atoms with Gasteiger partial charge in [0.2, 0.25) is 5.91 Å². The van der Waals surface area contributed by atoms with Crippen molar-refractivity contribution in [2.45, 2.75) is 37.9 Å². The summed E-state index contributed by atoms with van der Waals surface area (Å²) in [7, 11) is 0. The predicted octanol–water partition coefficient (Wildman–Crippen LogP) is 3.30. The number of rotatable bonds is 6. The van der Waals surface area contributed by atoms with Crippen molar-refractivity contribution in [1.82, 2.24) is 4.57 Å². The molecule has 0 bridgehead atoms. The first kappa shape index (κ1) is 19.7. The van der Waals surface area contributed by atoms with Gasteiger partial charge in [-0.15, -0.1) is 0 Å². The van der Waals surface area contributed by atoms with Gasteiger partial charge in [-0.2, -0.15) is 4.57 Å². The maximum atomic E-state index is 13.1. The van der Waals surface area contributed by atoms with E-state index >= 15 is 0 Å². The van der Waals surface area contributed by atoms with Crippen molar-refractivity contribution in [3.05, 3.63) is 57.2 Å². The van der Waals surface area contributed by atoms with Gasteiger partial charge in [0.05, 0.1) is 11.4 Å². The van der Waals surface area contributed by atoms with Crippen LogP contribution in [0.2, 0.25) is 0 Å². The maximum Gasteiger partial charge on any atom is 0.347 e. The molecular formula is C21H22N3O3S2+. The first-order valence-corrected chi connectivity index (χ1v) is 11.2. The van der Waals surface area contributed by atoms with Gasteiger partial charge in [0.1, 0.15) is 17.7 Å². The van der Waals surface area contributed by atoms with Crippen LogP contribution in [0.5, 0.6) is 5.75 Å². The first-order valence-electron chi connectivity index (χ1n) is 9.41. The van der Waals surface area contributed by atoms with Crippen LogP contribution < -0.4 is 15.9 Å². The highest BCUT2D eigenvalue weighted by molar-refractivity contribution is 7.99. The molecule has 3 N–H and O–H groups in total. The number of carbonyl (C=O) groups excluding carboxylic acids is 1. The first-order chi connectivity index (χ1) is 14.0. The van der Waals surface area contributed by atoms with Gasteiger partial charge in [0.15, 0.2) is 4.83 Å². The van der Waals surface area contributed by atoms with Crippen LogP contribution in [-0.4, -0.2) is 21.3 Å². The minimum atomic E-state index is -0.254. The molecule has 1 aliphatic carbocycles. The molecule has 1 amide bonds. The number of thioether (sulfide) groups is 1. The Labute approximate surface area is 176 Å². The van der Waals surface area contributed by atoms with Crippen LogP contribution in [0.3, 0.4) is 0 Å². The average Bonchev–Trinajstić information content (AvgIpc) is 3.26. The molecule has 1 aliphatic rings. The molecule has 4 rings (SSSR count). The number of hydrogen-bond acceptors (Lipinski definition) is 5. The molecule has 0 atom stereocenters. The number of benzene rings is 1. The van der Waals surface area contributed by atoms with Crippen molar-refractivity contribution in [3.8, 4) is 5.75 Å². The summed E-state index contributed by atoms with van der Waals surface area (Å²) in [6.45, 7) is 6.02. The summed E-state index contributed by atoms with van der Waals surface area (Å²) in [6, 6.07) is 5.05. The molecule has 8 heteroatoms. The topological polar surface area (TPSA) is 85.5 Å². The fraction of sp³-hybridized carbons (Fsp3) is 0.286. The average molecular weight is 429 g/mol. The molecule has 0 radical (unpaired) electrons. The molecule has 3 aromatic rings. The molecule has 0 saturated carbocycles. The van der Waals surface area contributed by atoms with E-state index in [0.717, 1.165) is 35.0 Å². The van der Waals surface area contributed by atoms with E-state index in [0.29, 0.717) is 17.4 Å². The monoisotopic (exact) mass is 428 g/mol. The molecule has 2 heterocycles. The van der Waals surface area contributed by atoms with E-state index in [4.69, 9.17) is 0 Å². The number of allylic oxidation sites excluding steroid dienone is 1. The SMILES string of the molecule is C=CCn1c(SCC(=O)Nc2cc(C)ccc2O)[nH+]c2sc3c(c2c1=O)CCC3. The summed E-state index contributed by atoms with van der Waals surface area (Å²) in [5, 5.41) is 14.1. The molecular weight excluding hydrogens is 406 g/mol. The third-order valence-electron chi connectivity index (χ3n) is 4.92. The highest BCUT2D eigenvalue weighted by Gasteiger charge is 2.27. The summed E-state index contributed by atoms with van der Waals surface area (Å²) >= 11 is 2.91. The molecule has 29 heavy (non-hydrogen) atoms. The highest BCUT2D eigenvalue weighted by atomic mass is 32.2. The zero-order valence-corrected chi connectivity index (χ0v) is 17.7. The normalized spacial score (nSPS) is 12.9. The molecule has 0 saturated heterocycles. The number of anilines is 1. The number of nitrogens with one attached hydrogen (secondary N) is 2. The van der Waals surface area contributed by atoms with Gasteiger partial charge in [0, 0.05) is 4.88 Å². The van der Waals surface area contributed by atoms with Gasteiger partial charge in [-0.05, 0) is 61.2 Å². The lowest BCUT2D eigenvalue weighted by Gasteiger charge is -2.08. The Kier molecular flexibility index (Phi) is 5.47. The minimum Gasteiger partial charge on any atom is -0.506 e. The second-order valence-electron chi connectivity index (χ2n) is 7.05. The number of phenolic OH excluding ortho intramolecular Hbond substituents is 1. The number of phenols is 1. The molecule has 150 valence electrons. The van der Waals surface area contributed by atoms with Crippen molar-refractivity contribution >= 4 is 44.9 Å². The number of aromatic amines is 1. The van der Waals surface area contributed by atoms with Crippen molar-refractivity contribution in [2.75, 3.05) is 11.1 Å². The lowest BCUT2D eigenvalue weighted by molar-refractivity contribution is -0.404. The predicted molar refractivity (Wildman–Crippen MR) is 117 cm³/mol. The molecule has 0 aliphatic heterocycles. The molecule has 0 fully saturated rings. The number of hydrogen-bond donors (Lipinski definition) is 2. The van der Waals surface area contributed by atoms with E-state index < -0.39 is 0 Å². The van der Waals surface area contributed by atoms with Crippen LogP contribution in [0.4, 0.5) is 5.69 Å². The number of H-pyrrole nitrogens is 1. The Balaban J connectivity index is 1.59. The Morgan fingerprint density at radius 1 is 1.45 bits per heavy atom. The lowest BCUT2D eigenvalue weighted by atomic mass is 10.2. The quantitative estimate of drug-likeness (QED) is 0.273. The van der Waals surface area contributed by atoms with Crippen molar-refractivity contribution in [2.24, 2.45) is 0 Å². The zero-order chi connectivity index (χ0) is 20.5. The summed E-state index contributed by atoms with van der Waals surface area (Å²) in [5.41, 5.74) is 2.47. The van der Waals surface area contributed by atoms with Crippen LogP contribution in [0.25, 0.3) is 10.2 Å². The number of thiophene rings is 1. The van der Waals surface area contributed by atoms with Crippen LogP contribution in [-0.2, 0) is 24.2 Å². The minimum absolute atomic E-state index is 0.0265. The fourth-order valence-electron chi connectivity index (χ4n) is 3.59. The van der Waals surface area contributed by atoms with E-state index in [1.165, 1.54) is 22.2 Å². The third kappa shape index (κ3) is 3.82. The molecule has 1 aromatic carbocycles. The van der Waals surface area contributed by atoms with E-state index in [-0.39, 0.29) is 23.0 Å². The van der Waals surface area contributed by atoms with Crippen LogP contribution in [0, 0.1) is 6.92 Å². The van der Waals surface area contributed by atoms with E-state index in [1.807, 2.05) is 6.92 Å².